The van der Waals surface area contributed by atoms with Crippen molar-refractivity contribution in [3.05, 3.63) is 102 Å². The summed E-state index contributed by atoms with van der Waals surface area (Å²) in [6, 6.07) is 26.3. The summed E-state index contributed by atoms with van der Waals surface area (Å²) in [5, 5.41) is 14.2. The molecule has 0 unspecified atom stereocenters. The molecule has 1 aliphatic rings. The van der Waals surface area contributed by atoms with Crippen LogP contribution >= 0.6 is 0 Å². The van der Waals surface area contributed by atoms with E-state index in [1.807, 2.05) is 78.9 Å². The molecule has 16 heteroatoms. The maximum absolute atomic E-state index is 12.8. The fraction of sp³-hybridized carbons (Fsp3) is 0.429. The van der Waals surface area contributed by atoms with Crippen LogP contribution in [0.4, 0.5) is 10.7 Å². The molecule has 1 saturated heterocycles. The van der Waals surface area contributed by atoms with Crippen molar-refractivity contribution in [1.29, 1.82) is 0 Å². The average Bonchev–Trinajstić information content (AvgIpc) is 3.79. The number of carbonyl (C=O) groups excluding carboxylic acids is 1. The van der Waals surface area contributed by atoms with E-state index in [1.165, 1.54) is 0 Å². The molecule has 3 aromatic carbocycles. The Labute approximate surface area is 341 Å². The second kappa shape index (κ2) is 18.4. The molecule has 0 spiro atoms. The van der Waals surface area contributed by atoms with Gasteiger partial charge in [-0.3, -0.25) is 9.88 Å². The molecule has 6 rings (SSSR count). The van der Waals surface area contributed by atoms with Gasteiger partial charge in [-0.25, -0.2) is 9.78 Å². The Bertz CT molecular complexity index is 2060. The number of anilines is 1. The van der Waals surface area contributed by atoms with E-state index in [0.29, 0.717) is 35.9 Å². The van der Waals surface area contributed by atoms with E-state index in [4.69, 9.17) is 32.8 Å². The first-order chi connectivity index (χ1) is 27.7. The van der Waals surface area contributed by atoms with E-state index in [0.717, 1.165) is 22.7 Å². The summed E-state index contributed by atoms with van der Waals surface area (Å²) >= 11 is 0. The molecule has 310 valence electrons. The van der Waals surface area contributed by atoms with Crippen LogP contribution < -0.4 is 19.5 Å². The van der Waals surface area contributed by atoms with Gasteiger partial charge in [0.1, 0.15) is 36.0 Å². The number of aliphatic hydroxyl groups excluding tert-OH is 1. The van der Waals surface area contributed by atoms with Gasteiger partial charge in [-0.15, -0.1) is 0 Å². The lowest BCUT2D eigenvalue weighted by Gasteiger charge is -2.37. The van der Waals surface area contributed by atoms with Crippen LogP contribution in [0.1, 0.15) is 29.3 Å². The highest BCUT2D eigenvalue weighted by atomic mass is 28.4. The predicted octanol–water partition coefficient (Wildman–Crippen LogP) is 7.62. The van der Waals surface area contributed by atoms with E-state index in [2.05, 4.69) is 59.6 Å². The Morgan fingerprint density at radius 1 is 0.862 bits per heavy atom. The molecular formula is C42H55N5O9Si2. The molecule has 3 atom stereocenters. The fourth-order valence-electron chi connectivity index (χ4n) is 6.64. The van der Waals surface area contributed by atoms with Gasteiger partial charge in [0.05, 0.1) is 46.5 Å². The van der Waals surface area contributed by atoms with Gasteiger partial charge >= 0.3 is 6.09 Å². The van der Waals surface area contributed by atoms with Gasteiger partial charge in [-0.1, -0.05) is 74.2 Å². The molecule has 3 heterocycles. The molecule has 1 aliphatic heterocycles. The van der Waals surface area contributed by atoms with Crippen molar-refractivity contribution in [1.82, 2.24) is 19.5 Å². The molecule has 2 N–H and O–H groups in total. The van der Waals surface area contributed by atoms with Crippen molar-refractivity contribution in [2.45, 2.75) is 75.8 Å². The third-order valence-electron chi connectivity index (χ3n) is 9.70. The van der Waals surface area contributed by atoms with Crippen molar-refractivity contribution in [2.24, 2.45) is 0 Å². The highest BCUT2D eigenvalue weighted by Gasteiger charge is 2.42. The lowest BCUT2D eigenvalue weighted by Crippen LogP contribution is -2.38. The summed E-state index contributed by atoms with van der Waals surface area (Å²) in [6.07, 6.45) is -1.21. The number of imidazole rings is 1. The van der Waals surface area contributed by atoms with E-state index in [1.54, 1.807) is 25.1 Å². The highest BCUT2D eigenvalue weighted by molar-refractivity contribution is 6.76. The number of rotatable bonds is 18. The maximum atomic E-state index is 12.8. The summed E-state index contributed by atoms with van der Waals surface area (Å²) in [7, 11) is 0.0500. The Hall–Kier alpha value is -4.85. The molecule has 5 aromatic rings. The number of aliphatic hydroxyl groups is 1. The molecule has 1 fully saturated rings. The monoisotopic (exact) mass is 829 g/mol. The van der Waals surface area contributed by atoms with Gasteiger partial charge in [-0.05, 0) is 66.6 Å². The number of hydrogen-bond donors (Lipinski definition) is 2. The zero-order valence-corrected chi connectivity index (χ0v) is 36.6. The Balaban J connectivity index is 1.29. The van der Waals surface area contributed by atoms with Crippen LogP contribution in [0.2, 0.25) is 45.3 Å². The molecule has 14 nitrogen and oxygen atoms in total. The van der Waals surface area contributed by atoms with Crippen LogP contribution in [0, 0.1) is 0 Å². The summed E-state index contributed by atoms with van der Waals surface area (Å²) in [4.78, 5) is 26.6. The predicted molar refractivity (Wildman–Crippen MR) is 226 cm³/mol. The minimum absolute atomic E-state index is 0.0153. The number of carbonyl (C=O) groups is 1. The first kappa shape index (κ1) is 42.8. The number of ether oxygens (including phenoxy) is 6. The zero-order chi connectivity index (χ0) is 41.5. The van der Waals surface area contributed by atoms with Crippen LogP contribution in [0.3, 0.4) is 0 Å². The largest absolute Gasteiger partial charge is 0.497 e. The molecule has 1 amide bonds. The lowest BCUT2D eigenvalue weighted by atomic mass is 9.80. The molecule has 0 aliphatic carbocycles. The number of methoxy groups -OCH3 is 2. The van der Waals surface area contributed by atoms with Crippen LogP contribution in [0.5, 0.6) is 17.4 Å². The second-order valence-corrected chi connectivity index (χ2v) is 26.4. The van der Waals surface area contributed by atoms with Crippen LogP contribution in [0.15, 0.2) is 85.2 Å². The van der Waals surface area contributed by atoms with Crippen molar-refractivity contribution in [3.63, 3.8) is 0 Å². The lowest BCUT2D eigenvalue weighted by molar-refractivity contribution is -0.0931. The molecule has 2 aromatic heterocycles. The smallest absolute Gasteiger partial charge is 0.414 e. The number of fused-ring (bicyclic) bond motifs is 1. The fourth-order valence-corrected chi connectivity index (χ4v) is 8.05. The number of nitrogens with zero attached hydrogens (tertiary/aromatic N) is 4. The van der Waals surface area contributed by atoms with Crippen LogP contribution in [0.25, 0.3) is 11.2 Å². The van der Waals surface area contributed by atoms with Crippen molar-refractivity contribution < 1.29 is 42.7 Å². The van der Waals surface area contributed by atoms with Gasteiger partial charge < -0.3 is 38.0 Å². The number of benzene rings is 3. The molecule has 0 saturated carbocycles. The Morgan fingerprint density at radius 2 is 1.48 bits per heavy atom. The van der Waals surface area contributed by atoms with Gasteiger partial charge in [0.15, 0.2) is 19.5 Å². The van der Waals surface area contributed by atoms with E-state index in [9.17, 15) is 9.90 Å². The van der Waals surface area contributed by atoms with Crippen molar-refractivity contribution >= 4 is 39.6 Å². The minimum atomic E-state index is -1.78. The average molecular weight is 830 g/mol. The normalized spacial score (nSPS) is 17.3. The Morgan fingerprint density at radius 3 is 2.07 bits per heavy atom. The molecule has 58 heavy (non-hydrogen) atoms. The van der Waals surface area contributed by atoms with E-state index in [-0.39, 0.29) is 31.5 Å². The number of nitrogens with one attached hydrogen (secondary N) is 1. The van der Waals surface area contributed by atoms with E-state index >= 15 is 0 Å². The standard InChI is InChI=1S/C42H55N5O9Si2/c1-50-32-18-14-30(15-19-32)42(29-12-10-9-11-13-29,31-16-20-33(51-2)21-17-31)54-27-35-34(48)26-36(56-35)47-28-43-37-38(47)44-40(46-41(49)53-24-25-57(3,4)5)45-39(37)52-22-23-55-58(6,7)8/h9-21,28,34-36,48H,22-27H2,1-8H3,(H,44,45,46,49)/t34-,35+,36+/m0/s1. The van der Waals surface area contributed by atoms with Gasteiger partial charge in [-0.2, -0.15) is 9.97 Å². The number of amides is 1. The highest BCUT2D eigenvalue weighted by Crippen LogP contribution is 2.43. The molecule has 0 bridgehead atoms. The van der Waals surface area contributed by atoms with Crippen molar-refractivity contribution in [2.75, 3.05) is 46.0 Å². The summed E-state index contributed by atoms with van der Waals surface area (Å²) in [5.74, 6) is 1.57. The summed E-state index contributed by atoms with van der Waals surface area (Å²) in [5.41, 5.74) is 2.20. The van der Waals surface area contributed by atoms with E-state index < -0.39 is 46.5 Å². The van der Waals surface area contributed by atoms with Gasteiger partial charge in [0.2, 0.25) is 11.8 Å². The van der Waals surface area contributed by atoms with Crippen molar-refractivity contribution in [3.8, 4) is 17.4 Å². The first-order valence-corrected chi connectivity index (χ1v) is 26.6. The molecular weight excluding hydrogens is 775 g/mol. The molecule has 0 radical (unpaired) electrons. The van der Waals surface area contributed by atoms with Crippen LogP contribution in [-0.4, -0.2) is 100.0 Å². The third-order valence-corrected chi connectivity index (χ3v) is 12.5. The topological polar surface area (TPSA) is 158 Å². The SMILES string of the molecule is COc1ccc(C(OC[C@H]2O[C@@H](n3cnc4c(OCCO[Si](C)(C)C)nc(NC(=O)OCC[Si](C)(C)C)nc43)C[C@@H]2O)(c2ccccc2)c2ccc(OC)cc2)cc1. The maximum Gasteiger partial charge on any atom is 0.414 e. The zero-order valence-electron chi connectivity index (χ0n) is 34.6. The van der Waals surface area contributed by atoms with Gasteiger partial charge in [0, 0.05) is 14.5 Å². The number of hydrogen-bond acceptors (Lipinski definition) is 12. The second-order valence-electron chi connectivity index (χ2n) is 16.3. The Kier molecular flexibility index (Phi) is 13.6. The third kappa shape index (κ3) is 10.4. The summed E-state index contributed by atoms with van der Waals surface area (Å²) < 4.78 is 43.8. The summed E-state index contributed by atoms with van der Waals surface area (Å²) in [6.45, 7) is 13.8. The number of aromatic nitrogens is 4. The quantitative estimate of drug-likeness (QED) is 0.0507. The van der Waals surface area contributed by atoms with Gasteiger partial charge in [0.25, 0.3) is 0 Å². The van der Waals surface area contributed by atoms with Crippen LogP contribution in [-0.2, 0) is 24.2 Å². The minimum Gasteiger partial charge on any atom is -0.497 e. The first-order valence-electron chi connectivity index (χ1n) is 19.5.